The van der Waals surface area contributed by atoms with Crippen LogP contribution in [-0.2, 0) is 0 Å². The number of methoxy groups -OCH3 is 1. The van der Waals surface area contributed by atoms with E-state index >= 15 is 0 Å². The lowest BCUT2D eigenvalue weighted by molar-refractivity contribution is 0.0743. The molecule has 0 atom stereocenters. The number of hydrogen-bond donors (Lipinski definition) is 2. The SMILES string of the molecule is COc1cccc(C(=O)N2CCN(c3ccc(C(=O)N4CCCNCC4)cc3N)CC2)c1. The third-order valence-corrected chi connectivity index (χ3v) is 6.13. The molecule has 0 unspecified atom stereocenters. The van der Waals surface area contributed by atoms with Gasteiger partial charge in [-0.1, -0.05) is 6.07 Å². The van der Waals surface area contributed by atoms with E-state index in [0.717, 1.165) is 31.7 Å². The Morgan fingerprint density at radius 1 is 0.875 bits per heavy atom. The molecule has 0 radical (unpaired) electrons. The second-order valence-corrected chi connectivity index (χ2v) is 8.18. The molecule has 32 heavy (non-hydrogen) atoms. The first kappa shape index (κ1) is 22.0. The maximum absolute atomic E-state index is 12.9. The third-order valence-electron chi connectivity index (χ3n) is 6.13. The molecule has 8 nitrogen and oxygen atoms in total. The van der Waals surface area contributed by atoms with Gasteiger partial charge in [0.05, 0.1) is 18.5 Å². The van der Waals surface area contributed by atoms with Crippen LogP contribution in [0, 0.1) is 0 Å². The Hall–Kier alpha value is -3.26. The van der Waals surface area contributed by atoms with Crippen LogP contribution >= 0.6 is 0 Å². The van der Waals surface area contributed by atoms with E-state index in [2.05, 4.69) is 10.2 Å². The Morgan fingerprint density at radius 2 is 1.59 bits per heavy atom. The van der Waals surface area contributed by atoms with E-state index in [1.807, 2.05) is 40.1 Å². The zero-order valence-electron chi connectivity index (χ0n) is 18.5. The molecule has 2 fully saturated rings. The van der Waals surface area contributed by atoms with Crippen LogP contribution < -0.4 is 20.7 Å². The summed E-state index contributed by atoms with van der Waals surface area (Å²) in [6.07, 6.45) is 0.956. The zero-order chi connectivity index (χ0) is 22.5. The van der Waals surface area contributed by atoms with E-state index in [9.17, 15) is 9.59 Å². The Labute approximate surface area is 188 Å². The zero-order valence-corrected chi connectivity index (χ0v) is 18.5. The molecule has 0 aromatic heterocycles. The second kappa shape index (κ2) is 9.91. The molecule has 0 bridgehead atoms. The molecule has 4 rings (SSSR count). The standard InChI is InChI=1S/C24H31N5O3/c1-32-20-5-2-4-18(16-20)23(30)29-14-12-27(13-15-29)22-7-6-19(17-21(22)25)24(31)28-10-3-8-26-9-11-28/h2,4-7,16-17,26H,3,8-15,25H2,1H3. The van der Waals surface area contributed by atoms with Gasteiger partial charge in [-0.2, -0.15) is 0 Å². The monoisotopic (exact) mass is 437 g/mol. The lowest BCUT2D eigenvalue weighted by atomic mass is 10.1. The number of carbonyl (C=O) groups is 2. The number of nitrogens with one attached hydrogen (secondary N) is 1. The Bertz CT molecular complexity index is 964. The summed E-state index contributed by atoms with van der Waals surface area (Å²) >= 11 is 0. The van der Waals surface area contributed by atoms with Gasteiger partial charge < -0.3 is 30.5 Å². The number of rotatable bonds is 4. The van der Waals surface area contributed by atoms with E-state index in [1.54, 1.807) is 19.2 Å². The summed E-state index contributed by atoms with van der Waals surface area (Å²) in [7, 11) is 1.59. The molecule has 2 aromatic carbocycles. The minimum atomic E-state index is 0.00408. The van der Waals surface area contributed by atoms with Crippen molar-refractivity contribution in [3.05, 3.63) is 53.6 Å². The molecule has 0 saturated carbocycles. The minimum Gasteiger partial charge on any atom is -0.497 e. The number of carbonyl (C=O) groups excluding carboxylic acids is 2. The average molecular weight is 438 g/mol. The molecule has 0 aliphatic carbocycles. The van der Waals surface area contributed by atoms with Crippen LogP contribution in [0.4, 0.5) is 11.4 Å². The first-order chi connectivity index (χ1) is 15.6. The molecule has 0 spiro atoms. The van der Waals surface area contributed by atoms with E-state index in [1.165, 1.54) is 0 Å². The normalized spacial score (nSPS) is 17.1. The largest absolute Gasteiger partial charge is 0.497 e. The number of nitrogens with two attached hydrogens (primary N) is 1. The van der Waals surface area contributed by atoms with Gasteiger partial charge in [-0.15, -0.1) is 0 Å². The number of hydrogen-bond acceptors (Lipinski definition) is 6. The van der Waals surface area contributed by atoms with Gasteiger partial charge in [-0.25, -0.2) is 0 Å². The molecular weight excluding hydrogens is 406 g/mol. The quantitative estimate of drug-likeness (QED) is 0.708. The number of amides is 2. The summed E-state index contributed by atoms with van der Waals surface area (Å²) in [5, 5.41) is 3.32. The van der Waals surface area contributed by atoms with Crippen LogP contribution in [0.1, 0.15) is 27.1 Å². The highest BCUT2D eigenvalue weighted by molar-refractivity contribution is 5.96. The fourth-order valence-electron chi connectivity index (χ4n) is 4.30. The van der Waals surface area contributed by atoms with E-state index in [-0.39, 0.29) is 11.8 Å². The van der Waals surface area contributed by atoms with Gasteiger partial charge in [0.25, 0.3) is 11.8 Å². The van der Waals surface area contributed by atoms with E-state index in [4.69, 9.17) is 10.5 Å². The molecule has 2 amide bonds. The predicted octanol–water partition coefficient (Wildman–Crippen LogP) is 1.68. The predicted molar refractivity (Wildman–Crippen MR) is 125 cm³/mol. The topological polar surface area (TPSA) is 91.1 Å². The third kappa shape index (κ3) is 4.80. The van der Waals surface area contributed by atoms with Gasteiger partial charge in [0, 0.05) is 56.9 Å². The van der Waals surface area contributed by atoms with Crippen molar-refractivity contribution < 1.29 is 14.3 Å². The molecule has 2 aliphatic heterocycles. The maximum Gasteiger partial charge on any atom is 0.254 e. The Morgan fingerprint density at radius 3 is 2.31 bits per heavy atom. The van der Waals surface area contributed by atoms with Gasteiger partial charge in [-0.05, 0) is 49.4 Å². The van der Waals surface area contributed by atoms with Crippen LogP contribution in [-0.4, -0.2) is 81.1 Å². The summed E-state index contributed by atoms with van der Waals surface area (Å²) in [6.45, 7) is 5.82. The summed E-state index contributed by atoms with van der Waals surface area (Å²) < 4.78 is 5.23. The fraction of sp³-hybridized carbons (Fsp3) is 0.417. The number of benzene rings is 2. The number of nitrogen functional groups attached to an aromatic ring is 1. The van der Waals surface area contributed by atoms with Crippen molar-refractivity contribution in [3.8, 4) is 5.75 Å². The lowest BCUT2D eigenvalue weighted by Crippen LogP contribution is -2.49. The summed E-state index contributed by atoms with van der Waals surface area (Å²) in [5.74, 6) is 0.707. The van der Waals surface area contributed by atoms with Crippen molar-refractivity contribution in [3.63, 3.8) is 0 Å². The first-order valence-corrected chi connectivity index (χ1v) is 11.1. The summed E-state index contributed by atoms with van der Waals surface area (Å²) in [4.78, 5) is 31.6. The van der Waals surface area contributed by atoms with Gasteiger partial charge >= 0.3 is 0 Å². The molecule has 2 aromatic rings. The first-order valence-electron chi connectivity index (χ1n) is 11.1. The fourth-order valence-corrected chi connectivity index (χ4v) is 4.30. The molecule has 2 heterocycles. The molecule has 2 aliphatic rings. The van der Waals surface area contributed by atoms with Gasteiger partial charge in [0.1, 0.15) is 5.75 Å². The van der Waals surface area contributed by atoms with Crippen LogP contribution in [0.15, 0.2) is 42.5 Å². The van der Waals surface area contributed by atoms with Crippen LogP contribution in [0.5, 0.6) is 5.75 Å². The van der Waals surface area contributed by atoms with Crippen molar-refractivity contribution in [2.45, 2.75) is 6.42 Å². The average Bonchev–Trinajstić information content (AvgIpc) is 3.13. The van der Waals surface area contributed by atoms with E-state index in [0.29, 0.717) is 55.3 Å². The Kier molecular flexibility index (Phi) is 6.80. The molecule has 170 valence electrons. The van der Waals surface area contributed by atoms with Crippen LogP contribution in [0.25, 0.3) is 0 Å². The highest BCUT2D eigenvalue weighted by atomic mass is 16.5. The van der Waals surface area contributed by atoms with Crippen molar-refractivity contribution in [1.29, 1.82) is 0 Å². The van der Waals surface area contributed by atoms with Crippen molar-refractivity contribution in [1.82, 2.24) is 15.1 Å². The number of anilines is 2. The van der Waals surface area contributed by atoms with Gasteiger partial charge in [0.15, 0.2) is 0 Å². The van der Waals surface area contributed by atoms with Gasteiger partial charge in [0.2, 0.25) is 0 Å². The summed E-state index contributed by atoms with van der Waals surface area (Å²) in [6, 6.07) is 12.8. The van der Waals surface area contributed by atoms with Crippen molar-refractivity contribution in [2.75, 3.05) is 70.1 Å². The number of nitrogens with zero attached hydrogens (tertiary/aromatic N) is 3. The second-order valence-electron chi connectivity index (χ2n) is 8.18. The molecule has 3 N–H and O–H groups in total. The van der Waals surface area contributed by atoms with Crippen LogP contribution in [0.2, 0.25) is 0 Å². The molecular formula is C24H31N5O3. The molecule has 2 saturated heterocycles. The number of ether oxygens (including phenoxy) is 1. The number of piperazine rings is 1. The highest BCUT2D eigenvalue weighted by Gasteiger charge is 2.24. The minimum absolute atomic E-state index is 0.00408. The maximum atomic E-state index is 12.9. The lowest BCUT2D eigenvalue weighted by Gasteiger charge is -2.36. The van der Waals surface area contributed by atoms with Gasteiger partial charge in [-0.3, -0.25) is 9.59 Å². The molecule has 8 heteroatoms. The van der Waals surface area contributed by atoms with E-state index < -0.39 is 0 Å². The van der Waals surface area contributed by atoms with Crippen LogP contribution in [0.3, 0.4) is 0 Å². The van der Waals surface area contributed by atoms with Crippen molar-refractivity contribution >= 4 is 23.2 Å². The highest BCUT2D eigenvalue weighted by Crippen LogP contribution is 2.27. The smallest absolute Gasteiger partial charge is 0.254 e. The van der Waals surface area contributed by atoms with Crippen molar-refractivity contribution in [2.24, 2.45) is 0 Å². The Balaban J connectivity index is 1.39. The summed E-state index contributed by atoms with van der Waals surface area (Å²) in [5.41, 5.74) is 9.11.